The number of nitrogens with one attached hydrogen (secondary N) is 1. The molecule has 27 heavy (non-hydrogen) atoms. The molecule has 1 saturated carbocycles. The second kappa shape index (κ2) is 8.61. The molecule has 7 heteroatoms. The normalized spacial score (nSPS) is 19.9. The Morgan fingerprint density at radius 3 is 2.85 bits per heavy atom. The summed E-state index contributed by atoms with van der Waals surface area (Å²) < 4.78 is 10.9. The molecule has 1 aliphatic carbocycles. The van der Waals surface area contributed by atoms with Gasteiger partial charge in [-0.3, -0.25) is 4.79 Å². The van der Waals surface area contributed by atoms with Gasteiger partial charge in [0.2, 0.25) is 5.91 Å². The van der Waals surface area contributed by atoms with Gasteiger partial charge in [-0.25, -0.2) is 9.97 Å². The van der Waals surface area contributed by atoms with Crippen molar-refractivity contribution in [3.63, 3.8) is 0 Å². The van der Waals surface area contributed by atoms with Crippen molar-refractivity contribution in [2.75, 3.05) is 13.7 Å². The molecular formula is C20H28N4O3. The Kier molecular flexibility index (Phi) is 6.21. The van der Waals surface area contributed by atoms with Crippen LogP contribution in [0.3, 0.4) is 0 Å². The number of hydrogen-bond acceptors (Lipinski definition) is 6. The Labute approximate surface area is 159 Å². The smallest absolute Gasteiger partial charge is 0.223 e. The molecule has 2 aromatic heterocycles. The van der Waals surface area contributed by atoms with Gasteiger partial charge < -0.3 is 14.6 Å². The van der Waals surface area contributed by atoms with Gasteiger partial charge in [-0.2, -0.15) is 0 Å². The zero-order valence-corrected chi connectivity index (χ0v) is 16.5. The summed E-state index contributed by atoms with van der Waals surface area (Å²) in [6.45, 7) is 6.27. The van der Waals surface area contributed by atoms with E-state index >= 15 is 0 Å². The predicted molar refractivity (Wildman–Crippen MR) is 101 cm³/mol. The van der Waals surface area contributed by atoms with Crippen LogP contribution in [-0.4, -0.2) is 40.8 Å². The first-order valence-electron chi connectivity index (χ1n) is 9.55. The number of ether oxygens (including phenoxy) is 1. The molecule has 0 unspecified atom stereocenters. The predicted octanol–water partition coefficient (Wildman–Crippen LogP) is 2.92. The minimum atomic E-state index is 0.0365. The van der Waals surface area contributed by atoms with E-state index in [1.165, 1.54) is 0 Å². The van der Waals surface area contributed by atoms with Gasteiger partial charge in [-0.15, -0.1) is 0 Å². The van der Waals surface area contributed by atoms with Crippen LogP contribution in [0.15, 0.2) is 10.7 Å². The van der Waals surface area contributed by atoms with Gasteiger partial charge in [0.15, 0.2) is 5.76 Å². The molecule has 2 atom stereocenters. The number of rotatable bonds is 6. The largest absolute Gasteiger partial charge is 0.381 e. The molecule has 2 heterocycles. The first-order valence-corrected chi connectivity index (χ1v) is 9.55. The van der Waals surface area contributed by atoms with Gasteiger partial charge in [-0.05, 0) is 40.0 Å². The third-order valence-corrected chi connectivity index (χ3v) is 5.38. The molecule has 1 fully saturated rings. The summed E-state index contributed by atoms with van der Waals surface area (Å²) in [5.74, 6) is 1.54. The molecular weight excluding hydrogens is 344 g/mol. The summed E-state index contributed by atoms with van der Waals surface area (Å²) in [4.78, 5) is 21.4. The minimum absolute atomic E-state index is 0.0365. The van der Waals surface area contributed by atoms with E-state index in [4.69, 9.17) is 9.26 Å². The fourth-order valence-electron chi connectivity index (χ4n) is 3.61. The van der Waals surface area contributed by atoms with Gasteiger partial charge in [0.25, 0.3) is 0 Å². The maximum atomic E-state index is 12.5. The van der Waals surface area contributed by atoms with Gasteiger partial charge in [-0.1, -0.05) is 11.6 Å². The number of aromatic nitrogens is 3. The number of carbonyl (C=O) groups is 1. The number of methoxy groups -OCH3 is 1. The van der Waals surface area contributed by atoms with Crippen LogP contribution < -0.4 is 5.32 Å². The second-order valence-corrected chi connectivity index (χ2v) is 7.26. The Hall–Kier alpha value is -2.28. The molecule has 1 N–H and O–H groups in total. The minimum Gasteiger partial charge on any atom is -0.381 e. The number of nitrogens with zero attached hydrogens (tertiary/aromatic N) is 3. The lowest BCUT2D eigenvalue weighted by molar-refractivity contribution is -0.127. The number of carbonyl (C=O) groups excluding carboxylic acids is 1. The van der Waals surface area contributed by atoms with E-state index in [1.54, 1.807) is 13.3 Å². The SMILES string of the molecule is CO[C@H]1CCC[C@H](C(=O)NCCc2nc(C)ncc2-c2onc(C)c2C)C1. The first-order chi connectivity index (χ1) is 13.0. The Bertz CT molecular complexity index is 803. The third-order valence-electron chi connectivity index (χ3n) is 5.38. The second-order valence-electron chi connectivity index (χ2n) is 7.26. The summed E-state index contributed by atoms with van der Waals surface area (Å²) >= 11 is 0. The fraction of sp³-hybridized carbons (Fsp3) is 0.600. The van der Waals surface area contributed by atoms with Crippen molar-refractivity contribution < 1.29 is 14.1 Å². The highest BCUT2D eigenvalue weighted by Gasteiger charge is 2.27. The third kappa shape index (κ3) is 4.53. The van der Waals surface area contributed by atoms with Crippen molar-refractivity contribution in [3.05, 3.63) is 29.0 Å². The van der Waals surface area contributed by atoms with Gasteiger partial charge in [0.1, 0.15) is 5.82 Å². The highest BCUT2D eigenvalue weighted by atomic mass is 16.5. The zero-order chi connectivity index (χ0) is 19.4. The Morgan fingerprint density at radius 2 is 2.15 bits per heavy atom. The molecule has 0 radical (unpaired) electrons. The molecule has 0 spiro atoms. The summed E-state index contributed by atoms with van der Waals surface area (Å²) in [7, 11) is 1.72. The van der Waals surface area contributed by atoms with E-state index < -0.39 is 0 Å². The first kappa shape index (κ1) is 19.5. The molecule has 0 saturated heterocycles. The molecule has 146 valence electrons. The van der Waals surface area contributed by atoms with E-state index in [1.807, 2.05) is 20.8 Å². The lowest BCUT2D eigenvalue weighted by Gasteiger charge is -2.27. The van der Waals surface area contributed by atoms with Crippen molar-refractivity contribution in [3.8, 4) is 11.3 Å². The van der Waals surface area contributed by atoms with Crippen LogP contribution in [0, 0.1) is 26.7 Å². The van der Waals surface area contributed by atoms with E-state index in [9.17, 15) is 4.79 Å². The quantitative estimate of drug-likeness (QED) is 0.838. The number of hydrogen-bond donors (Lipinski definition) is 1. The summed E-state index contributed by atoms with van der Waals surface area (Å²) in [5, 5.41) is 7.09. The lowest BCUT2D eigenvalue weighted by Crippen LogP contribution is -2.36. The van der Waals surface area contributed by atoms with Crippen molar-refractivity contribution in [1.29, 1.82) is 0 Å². The van der Waals surface area contributed by atoms with E-state index in [0.717, 1.165) is 48.2 Å². The fourth-order valence-corrected chi connectivity index (χ4v) is 3.61. The monoisotopic (exact) mass is 372 g/mol. The van der Waals surface area contributed by atoms with Crippen LogP contribution in [0.4, 0.5) is 0 Å². The highest BCUT2D eigenvalue weighted by molar-refractivity contribution is 5.78. The van der Waals surface area contributed by atoms with Gasteiger partial charge in [0.05, 0.1) is 23.1 Å². The van der Waals surface area contributed by atoms with Gasteiger partial charge >= 0.3 is 0 Å². The molecule has 1 aliphatic rings. The van der Waals surface area contributed by atoms with Crippen LogP contribution in [0.2, 0.25) is 0 Å². The molecule has 7 nitrogen and oxygen atoms in total. The molecule has 1 amide bonds. The standard InChI is InChI=1S/C20H28N4O3/c1-12-13(2)24-27-19(12)17-11-22-14(3)23-18(17)8-9-21-20(25)15-6-5-7-16(10-15)26-4/h11,15-16H,5-10H2,1-4H3,(H,21,25)/t15-,16-/m0/s1. The van der Waals surface area contributed by atoms with Crippen molar-refractivity contribution in [2.24, 2.45) is 5.92 Å². The number of amides is 1. The summed E-state index contributed by atoms with van der Waals surface area (Å²) in [5.41, 5.74) is 3.54. The summed E-state index contributed by atoms with van der Waals surface area (Å²) in [6.07, 6.45) is 6.40. The zero-order valence-electron chi connectivity index (χ0n) is 16.5. The maximum Gasteiger partial charge on any atom is 0.223 e. The Balaban J connectivity index is 1.65. The summed E-state index contributed by atoms with van der Waals surface area (Å²) in [6, 6.07) is 0. The van der Waals surface area contributed by atoms with Crippen molar-refractivity contribution in [1.82, 2.24) is 20.4 Å². The topological polar surface area (TPSA) is 90.1 Å². The van der Waals surface area contributed by atoms with Crippen LogP contribution in [0.1, 0.15) is 48.5 Å². The number of aryl methyl sites for hydroxylation is 2. The molecule has 2 aromatic rings. The van der Waals surface area contributed by atoms with E-state index in [2.05, 4.69) is 20.4 Å². The van der Waals surface area contributed by atoms with Crippen LogP contribution >= 0.6 is 0 Å². The van der Waals surface area contributed by atoms with Crippen LogP contribution in [-0.2, 0) is 16.0 Å². The van der Waals surface area contributed by atoms with E-state index in [0.29, 0.717) is 24.6 Å². The average molecular weight is 372 g/mol. The van der Waals surface area contributed by atoms with Gasteiger partial charge in [0, 0.05) is 37.8 Å². The van der Waals surface area contributed by atoms with Crippen molar-refractivity contribution in [2.45, 2.75) is 59.0 Å². The molecule has 0 aliphatic heterocycles. The highest BCUT2D eigenvalue weighted by Crippen LogP contribution is 2.28. The molecule has 0 aromatic carbocycles. The van der Waals surface area contributed by atoms with E-state index in [-0.39, 0.29) is 17.9 Å². The molecule has 0 bridgehead atoms. The van der Waals surface area contributed by atoms with Crippen LogP contribution in [0.25, 0.3) is 11.3 Å². The van der Waals surface area contributed by atoms with Crippen LogP contribution in [0.5, 0.6) is 0 Å². The Morgan fingerprint density at radius 1 is 1.33 bits per heavy atom. The lowest BCUT2D eigenvalue weighted by atomic mass is 9.86. The average Bonchev–Trinajstić information content (AvgIpc) is 3.00. The van der Waals surface area contributed by atoms with Crippen molar-refractivity contribution >= 4 is 5.91 Å². The molecule has 3 rings (SSSR count). The maximum absolute atomic E-state index is 12.5.